The molecule has 0 unspecified atom stereocenters. The first kappa shape index (κ1) is 20.6. The van der Waals surface area contributed by atoms with E-state index < -0.39 is 0 Å². The number of carbonyl (C=O) groups excluding carboxylic acids is 2. The average molecular weight is 340 g/mol. The van der Waals surface area contributed by atoms with Gasteiger partial charge < -0.3 is 10.1 Å². The second-order valence-corrected chi connectivity index (χ2v) is 5.62. The number of pyridine rings is 1. The maximum Gasteiger partial charge on any atom is 0.217 e. The molecule has 4 nitrogen and oxygen atoms in total. The third-order valence-corrected chi connectivity index (χ3v) is 3.62. The van der Waals surface area contributed by atoms with Gasteiger partial charge in [-0.25, -0.2) is 0 Å². The van der Waals surface area contributed by atoms with Crippen LogP contribution in [0.1, 0.15) is 56.0 Å². The van der Waals surface area contributed by atoms with Gasteiger partial charge in [0, 0.05) is 38.2 Å². The number of amides is 1. The molecule has 1 N–H and O–H groups in total. The monoisotopic (exact) mass is 340 g/mol. The molecule has 2 aromatic rings. The molecule has 0 aliphatic carbocycles. The number of hydrogen-bond donors (Lipinski definition) is 1. The molecule has 25 heavy (non-hydrogen) atoms. The molecule has 0 aliphatic heterocycles. The third kappa shape index (κ3) is 8.25. The number of unbranched alkanes of at least 4 members (excludes halogenated alkanes) is 1. The Morgan fingerprint density at radius 2 is 1.76 bits per heavy atom. The van der Waals surface area contributed by atoms with Gasteiger partial charge >= 0.3 is 0 Å². The summed E-state index contributed by atoms with van der Waals surface area (Å²) in [5, 5.41) is 2.79. The van der Waals surface area contributed by atoms with Crippen LogP contribution in [0.4, 0.5) is 0 Å². The summed E-state index contributed by atoms with van der Waals surface area (Å²) in [6.45, 7) is 6.07. The van der Waals surface area contributed by atoms with Crippen LogP contribution in [0.2, 0.25) is 0 Å². The molecule has 134 valence electrons. The van der Waals surface area contributed by atoms with E-state index in [0.717, 1.165) is 36.8 Å². The van der Waals surface area contributed by atoms with Gasteiger partial charge in [0.1, 0.15) is 6.29 Å². The summed E-state index contributed by atoms with van der Waals surface area (Å²) in [5.74, 6) is -0.0235. The highest BCUT2D eigenvalue weighted by atomic mass is 16.1. The minimum absolute atomic E-state index is 0.0235. The molecule has 4 heteroatoms. The van der Waals surface area contributed by atoms with E-state index in [9.17, 15) is 9.59 Å². The highest BCUT2D eigenvalue weighted by Crippen LogP contribution is 2.12. The average Bonchev–Trinajstić information content (AvgIpc) is 2.63. The van der Waals surface area contributed by atoms with Crippen LogP contribution in [0.15, 0.2) is 42.6 Å². The molecule has 0 fully saturated rings. The topological polar surface area (TPSA) is 59.1 Å². The van der Waals surface area contributed by atoms with Gasteiger partial charge in [-0.2, -0.15) is 0 Å². The summed E-state index contributed by atoms with van der Waals surface area (Å²) in [6, 6.07) is 12.3. The normalized spacial score (nSPS) is 9.72. The molecule has 1 heterocycles. The van der Waals surface area contributed by atoms with Gasteiger partial charge in [-0.05, 0) is 41.7 Å². The molecular weight excluding hydrogens is 312 g/mol. The fourth-order valence-electron chi connectivity index (χ4n) is 2.38. The van der Waals surface area contributed by atoms with Crippen LogP contribution in [0.25, 0.3) is 0 Å². The molecule has 0 radical (unpaired) electrons. The van der Waals surface area contributed by atoms with E-state index in [4.69, 9.17) is 0 Å². The fourth-order valence-corrected chi connectivity index (χ4v) is 2.38. The van der Waals surface area contributed by atoms with Crippen LogP contribution in [-0.4, -0.2) is 17.2 Å². The smallest absolute Gasteiger partial charge is 0.217 e. The van der Waals surface area contributed by atoms with Crippen molar-refractivity contribution >= 4 is 12.2 Å². The molecule has 2 rings (SSSR count). The maximum atomic E-state index is 10.9. The van der Waals surface area contributed by atoms with Crippen molar-refractivity contribution in [2.24, 2.45) is 0 Å². The number of carbonyl (C=O) groups is 2. The number of rotatable bonds is 8. The molecule has 1 aromatic carbocycles. The lowest BCUT2D eigenvalue weighted by atomic mass is 10.0. The van der Waals surface area contributed by atoms with Crippen molar-refractivity contribution in [1.29, 1.82) is 0 Å². The van der Waals surface area contributed by atoms with E-state index in [1.165, 1.54) is 18.1 Å². The number of nitrogens with zero attached hydrogens (tertiary/aromatic N) is 1. The zero-order valence-corrected chi connectivity index (χ0v) is 15.4. The molecule has 0 saturated heterocycles. The van der Waals surface area contributed by atoms with E-state index in [1.807, 2.05) is 38.2 Å². The van der Waals surface area contributed by atoms with E-state index >= 15 is 0 Å². The molecule has 0 atom stereocenters. The molecule has 0 spiro atoms. The van der Waals surface area contributed by atoms with Crippen molar-refractivity contribution in [2.75, 3.05) is 0 Å². The quantitative estimate of drug-likeness (QED) is 0.586. The summed E-state index contributed by atoms with van der Waals surface area (Å²) in [6.07, 6.45) is 5.96. The van der Waals surface area contributed by atoms with Gasteiger partial charge in [0.05, 0.1) is 0 Å². The number of benzene rings is 1. The zero-order valence-electron chi connectivity index (χ0n) is 15.4. The summed E-state index contributed by atoms with van der Waals surface area (Å²) < 4.78 is 0. The lowest BCUT2D eigenvalue weighted by Gasteiger charge is -2.06. The van der Waals surface area contributed by atoms with Crippen molar-refractivity contribution < 1.29 is 9.59 Å². The number of hydrogen-bond acceptors (Lipinski definition) is 3. The Morgan fingerprint density at radius 3 is 2.40 bits per heavy atom. The predicted molar refractivity (Wildman–Crippen MR) is 101 cm³/mol. The van der Waals surface area contributed by atoms with Crippen molar-refractivity contribution in [3.8, 4) is 0 Å². The van der Waals surface area contributed by atoms with Gasteiger partial charge in [0.25, 0.3) is 0 Å². The van der Waals surface area contributed by atoms with Crippen LogP contribution < -0.4 is 5.32 Å². The summed E-state index contributed by atoms with van der Waals surface area (Å²) in [5.41, 5.74) is 4.52. The lowest BCUT2D eigenvalue weighted by molar-refractivity contribution is -0.119. The summed E-state index contributed by atoms with van der Waals surface area (Å²) >= 11 is 0. The number of aryl methyl sites for hydroxylation is 1. The molecule has 0 saturated carbocycles. The Bertz CT molecular complexity index is 651. The maximum absolute atomic E-state index is 10.9. The second kappa shape index (κ2) is 12.0. The molecule has 0 bridgehead atoms. The first-order valence-corrected chi connectivity index (χ1v) is 8.87. The number of nitrogens with one attached hydrogen (secondary N) is 1. The van der Waals surface area contributed by atoms with Crippen molar-refractivity contribution in [3.63, 3.8) is 0 Å². The largest absolute Gasteiger partial charge is 0.352 e. The highest BCUT2D eigenvalue weighted by Gasteiger charge is 2.01. The minimum atomic E-state index is -0.0235. The number of aldehydes is 1. The standard InChI is InChI=1S/C19H22N2O2.C2H6/c1-15(23)21-14-18-7-5-17(6-8-18)13-19-12-16(9-10-20-19)4-2-3-11-22;1-2/h5-12H,2-4,13-14H2,1H3,(H,21,23);1-2H3. The Kier molecular flexibility index (Phi) is 9.83. The van der Waals surface area contributed by atoms with Crippen molar-refractivity contribution in [1.82, 2.24) is 10.3 Å². The van der Waals surface area contributed by atoms with Crippen LogP contribution in [0.3, 0.4) is 0 Å². The van der Waals surface area contributed by atoms with Gasteiger partial charge in [0.2, 0.25) is 5.91 Å². The van der Waals surface area contributed by atoms with Crippen LogP contribution in [0, 0.1) is 0 Å². The molecular formula is C21H28N2O2. The van der Waals surface area contributed by atoms with Crippen molar-refractivity contribution in [3.05, 3.63) is 65.0 Å². The second-order valence-electron chi connectivity index (χ2n) is 5.62. The van der Waals surface area contributed by atoms with Crippen LogP contribution in [-0.2, 0) is 29.0 Å². The van der Waals surface area contributed by atoms with E-state index in [2.05, 4.69) is 28.5 Å². The Labute approximate surface area is 150 Å². The van der Waals surface area contributed by atoms with Gasteiger partial charge in [0.15, 0.2) is 0 Å². The first-order chi connectivity index (χ1) is 12.2. The van der Waals surface area contributed by atoms with Crippen LogP contribution in [0.5, 0.6) is 0 Å². The van der Waals surface area contributed by atoms with E-state index in [1.54, 1.807) is 0 Å². The third-order valence-electron chi connectivity index (χ3n) is 3.62. The zero-order chi connectivity index (χ0) is 18.5. The predicted octanol–water partition coefficient (Wildman–Crippen LogP) is 3.86. The Hall–Kier alpha value is -2.49. The van der Waals surface area contributed by atoms with E-state index in [-0.39, 0.29) is 5.91 Å². The van der Waals surface area contributed by atoms with Crippen molar-refractivity contribution in [2.45, 2.75) is 53.0 Å². The van der Waals surface area contributed by atoms with Gasteiger partial charge in [-0.15, -0.1) is 0 Å². The summed E-state index contributed by atoms with van der Waals surface area (Å²) in [7, 11) is 0. The van der Waals surface area contributed by atoms with Crippen LogP contribution >= 0.6 is 0 Å². The molecule has 1 aromatic heterocycles. The van der Waals surface area contributed by atoms with Gasteiger partial charge in [-0.3, -0.25) is 9.78 Å². The van der Waals surface area contributed by atoms with Gasteiger partial charge in [-0.1, -0.05) is 38.1 Å². The summed E-state index contributed by atoms with van der Waals surface area (Å²) in [4.78, 5) is 25.7. The number of aromatic nitrogens is 1. The Morgan fingerprint density at radius 1 is 1.08 bits per heavy atom. The SMILES string of the molecule is CC.CC(=O)NCc1ccc(Cc2cc(CCCC=O)ccn2)cc1. The Balaban J connectivity index is 0.00000151. The first-order valence-electron chi connectivity index (χ1n) is 8.87. The molecule has 0 aliphatic rings. The highest BCUT2D eigenvalue weighted by molar-refractivity contribution is 5.72. The fraction of sp³-hybridized carbons (Fsp3) is 0.381. The lowest BCUT2D eigenvalue weighted by Crippen LogP contribution is -2.18. The minimum Gasteiger partial charge on any atom is -0.352 e. The molecule has 1 amide bonds. The van der Waals surface area contributed by atoms with E-state index in [0.29, 0.717) is 13.0 Å².